The van der Waals surface area contributed by atoms with Gasteiger partial charge in [0.2, 0.25) is 0 Å². The van der Waals surface area contributed by atoms with Gasteiger partial charge < -0.3 is 15.2 Å². The summed E-state index contributed by atoms with van der Waals surface area (Å²) >= 11 is 3.35. The lowest BCUT2D eigenvalue weighted by atomic mass is 10.0. The highest BCUT2D eigenvalue weighted by molar-refractivity contribution is 9.10. The van der Waals surface area contributed by atoms with Crippen molar-refractivity contribution in [2.75, 3.05) is 18.5 Å². The molecule has 0 bridgehead atoms. The van der Waals surface area contributed by atoms with E-state index in [0.29, 0.717) is 17.2 Å². The third-order valence-electron chi connectivity index (χ3n) is 3.30. The molecular formula is C13H16BrNO3. The minimum atomic E-state index is -0.916. The van der Waals surface area contributed by atoms with E-state index in [1.165, 1.54) is 0 Å². The maximum absolute atomic E-state index is 11.1. The van der Waals surface area contributed by atoms with Gasteiger partial charge in [0, 0.05) is 29.2 Å². The second-order valence-corrected chi connectivity index (χ2v) is 5.42. The number of ether oxygens (including phenoxy) is 1. The predicted molar refractivity (Wildman–Crippen MR) is 73.1 cm³/mol. The fourth-order valence-corrected chi connectivity index (χ4v) is 2.50. The Morgan fingerprint density at radius 3 is 3.00 bits per heavy atom. The molecule has 4 nitrogen and oxygen atoms in total. The van der Waals surface area contributed by atoms with Gasteiger partial charge in [0.05, 0.1) is 11.7 Å². The first-order valence-corrected chi connectivity index (χ1v) is 6.75. The van der Waals surface area contributed by atoms with Gasteiger partial charge in [-0.1, -0.05) is 15.9 Å². The van der Waals surface area contributed by atoms with Crippen molar-refractivity contribution in [3.05, 3.63) is 28.2 Å². The van der Waals surface area contributed by atoms with Crippen LogP contribution in [0.15, 0.2) is 22.7 Å². The summed E-state index contributed by atoms with van der Waals surface area (Å²) in [6, 6.07) is 5.13. The average Bonchev–Trinajstić information content (AvgIpc) is 2.72. The standard InChI is InChI=1S/C13H16BrNO3/c1-8-9(4-5-18-8)7-15-12-6-10(14)2-3-11(12)13(16)17/h2-3,6,8-9,15H,4-5,7H2,1H3,(H,16,17). The van der Waals surface area contributed by atoms with Crippen molar-refractivity contribution >= 4 is 27.6 Å². The van der Waals surface area contributed by atoms with Gasteiger partial charge in [-0.2, -0.15) is 0 Å². The van der Waals surface area contributed by atoms with Crippen LogP contribution in [0.4, 0.5) is 5.69 Å². The van der Waals surface area contributed by atoms with Crippen LogP contribution in [0.2, 0.25) is 0 Å². The van der Waals surface area contributed by atoms with Crippen molar-refractivity contribution in [1.82, 2.24) is 0 Å². The Labute approximate surface area is 114 Å². The van der Waals surface area contributed by atoms with Crippen LogP contribution in [0.1, 0.15) is 23.7 Å². The SMILES string of the molecule is CC1OCCC1CNc1cc(Br)ccc1C(=O)O. The molecule has 1 heterocycles. The van der Waals surface area contributed by atoms with E-state index in [2.05, 4.69) is 28.2 Å². The Hall–Kier alpha value is -1.07. The predicted octanol–water partition coefficient (Wildman–Crippen LogP) is 2.98. The molecule has 2 N–H and O–H groups in total. The maximum Gasteiger partial charge on any atom is 0.337 e. The Morgan fingerprint density at radius 2 is 2.39 bits per heavy atom. The third kappa shape index (κ3) is 3.03. The smallest absolute Gasteiger partial charge is 0.337 e. The van der Waals surface area contributed by atoms with E-state index >= 15 is 0 Å². The van der Waals surface area contributed by atoms with Crippen molar-refractivity contribution in [2.45, 2.75) is 19.4 Å². The summed E-state index contributed by atoms with van der Waals surface area (Å²) < 4.78 is 6.36. The monoisotopic (exact) mass is 313 g/mol. The maximum atomic E-state index is 11.1. The van der Waals surface area contributed by atoms with Crippen LogP contribution in [-0.4, -0.2) is 30.3 Å². The lowest BCUT2D eigenvalue weighted by molar-refractivity contribution is 0.0698. The van der Waals surface area contributed by atoms with Gasteiger partial charge in [-0.3, -0.25) is 0 Å². The number of rotatable bonds is 4. The molecule has 0 amide bonds. The number of carboxylic acid groups (broad SMARTS) is 1. The molecule has 2 unspecified atom stereocenters. The van der Waals surface area contributed by atoms with E-state index < -0.39 is 5.97 Å². The highest BCUT2D eigenvalue weighted by Crippen LogP contribution is 2.25. The highest BCUT2D eigenvalue weighted by atomic mass is 79.9. The molecule has 1 aromatic rings. The summed E-state index contributed by atoms with van der Waals surface area (Å²) in [5.74, 6) is -0.480. The molecule has 18 heavy (non-hydrogen) atoms. The minimum Gasteiger partial charge on any atom is -0.478 e. The first kappa shape index (κ1) is 13.4. The van der Waals surface area contributed by atoms with E-state index in [9.17, 15) is 4.79 Å². The van der Waals surface area contributed by atoms with Crippen LogP contribution in [0.25, 0.3) is 0 Å². The molecular weight excluding hydrogens is 298 g/mol. The average molecular weight is 314 g/mol. The minimum absolute atomic E-state index is 0.234. The molecule has 1 fully saturated rings. The molecule has 0 aliphatic carbocycles. The Balaban J connectivity index is 2.08. The van der Waals surface area contributed by atoms with Gasteiger partial charge in [0.15, 0.2) is 0 Å². The third-order valence-corrected chi connectivity index (χ3v) is 3.79. The first-order valence-electron chi connectivity index (χ1n) is 5.96. The number of carboxylic acids is 1. The van der Waals surface area contributed by atoms with Crippen LogP contribution in [0, 0.1) is 5.92 Å². The van der Waals surface area contributed by atoms with Crippen molar-refractivity contribution in [3.63, 3.8) is 0 Å². The zero-order valence-electron chi connectivity index (χ0n) is 10.1. The molecule has 5 heteroatoms. The van der Waals surface area contributed by atoms with Gasteiger partial charge in [-0.05, 0) is 31.5 Å². The van der Waals surface area contributed by atoms with Gasteiger partial charge in [0.1, 0.15) is 0 Å². The van der Waals surface area contributed by atoms with Crippen molar-refractivity contribution in [1.29, 1.82) is 0 Å². The van der Waals surface area contributed by atoms with E-state index in [0.717, 1.165) is 24.0 Å². The number of hydrogen-bond donors (Lipinski definition) is 2. The number of benzene rings is 1. The van der Waals surface area contributed by atoms with Crippen LogP contribution >= 0.6 is 15.9 Å². The fourth-order valence-electron chi connectivity index (χ4n) is 2.13. The molecule has 1 aliphatic rings. The summed E-state index contributed by atoms with van der Waals surface area (Å²) in [6.45, 7) is 3.58. The van der Waals surface area contributed by atoms with Crippen molar-refractivity contribution in [2.24, 2.45) is 5.92 Å². The van der Waals surface area contributed by atoms with Gasteiger partial charge in [-0.25, -0.2) is 4.79 Å². The molecule has 2 atom stereocenters. The van der Waals surface area contributed by atoms with Crippen LogP contribution in [0.3, 0.4) is 0 Å². The van der Waals surface area contributed by atoms with Crippen molar-refractivity contribution < 1.29 is 14.6 Å². The molecule has 0 spiro atoms. The second kappa shape index (κ2) is 5.71. The molecule has 0 radical (unpaired) electrons. The fraction of sp³-hybridized carbons (Fsp3) is 0.462. The number of nitrogens with one attached hydrogen (secondary N) is 1. The second-order valence-electron chi connectivity index (χ2n) is 4.50. The van der Waals surface area contributed by atoms with Crippen LogP contribution in [0.5, 0.6) is 0 Å². The molecule has 98 valence electrons. The highest BCUT2D eigenvalue weighted by Gasteiger charge is 2.24. The zero-order chi connectivity index (χ0) is 13.1. The Bertz CT molecular complexity index is 450. The molecule has 1 aliphatic heterocycles. The number of hydrogen-bond acceptors (Lipinski definition) is 3. The zero-order valence-corrected chi connectivity index (χ0v) is 11.7. The summed E-state index contributed by atoms with van der Waals surface area (Å²) in [4.78, 5) is 11.1. The van der Waals surface area contributed by atoms with Gasteiger partial charge in [0.25, 0.3) is 0 Å². The molecule has 0 saturated carbocycles. The van der Waals surface area contributed by atoms with E-state index in [4.69, 9.17) is 9.84 Å². The summed E-state index contributed by atoms with van der Waals surface area (Å²) in [7, 11) is 0. The lowest BCUT2D eigenvalue weighted by Gasteiger charge is -2.17. The number of anilines is 1. The summed E-state index contributed by atoms with van der Waals surface area (Å²) in [5.41, 5.74) is 0.945. The Kier molecular flexibility index (Phi) is 4.24. The van der Waals surface area contributed by atoms with Gasteiger partial charge >= 0.3 is 5.97 Å². The van der Waals surface area contributed by atoms with Crippen molar-refractivity contribution in [3.8, 4) is 0 Å². The van der Waals surface area contributed by atoms with E-state index in [1.807, 2.05) is 0 Å². The molecule has 1 aromatic carbocycles. The molecule has 1 saturated heterocycles. The Morgan fingerprint density at radius 1 is 1.61 bits per heavy atom. The molecule has 2 rings (SSSR count). The normalized spacial score (nSPS) is 23.0. The van der Waals surface area contributed by atoms with Crippen LogP contribution in [-0.2, 0) is 4.74 Å². The van der Waals surface area contributed by atoms with Gasteiger partial charge in [-0.15, -0.1) is 0 Å². The van der Waals surface area contributed by atoms with E-state index in [-0.39, 0.29) is 6.10 Å². The summed E-state index contributed by atoms with van der Waals surface area (Å²) in [5, 5.41) is 12.3. The summed E-state index contributed by atoms with van der Waals surface area (Å²) in [6.07, 6.45) is 1.25. The lowest BCUT2D eigenvalue weighted by Crippen LogP contribution is -2.21. The largest absolute Gasteiger partial charge is 0.478 e. The number of halogens is 1. The topological polar surface area (TPSA) is 58.6 Å². The number of carbonyl (C=O) groups is 1. The quantitative estimate of drug-likeness (QED) is 0.897. The van der Waals surface area contributed by atoms with E-state index in [1.54, 1.807) is 18.2 Å². The molecule has 0 aromatic heterocycles. The number of aromatic carboxylic acids is 1. The van der Waals surface area contributed by atoms with Crippen LogP contribution < -0.4 is 5.32 Å². The first-order chi connectivity index (χ1) is 8.58.